The predicted molar refractivity (Wildman–Crippen MR) is 73.1 cm³/mol. The summed E-state index contributed by atoms with van der Waals surface area (Å²) in [6, 6.07) is 1.42. The van der Waals surface area contributed by atoms with Crippen molar-refractivity contribution in [1.82, 2.24) is 10.6 Å². The molecule has 0 radical (unpaired) electrons. The Labute approximate surface area is 118 Å². The maximum absolute atomic E-state index is 10.0. The van der Waals surface area contributed by atoms with Crippen LogP contribution in [0.1, 0.15) is 12.8 Å². The molecule has 0 bridgehead atoms. The van der Waals surface area contributed by atoms with Gasteiger partial charge >= 0.3 is 0 Å². The van der Waals surface area contributed by atoms with Crippen LogP contribution in [0.4, 0.5) is 0 Å². The molecule has 4 amide bonds. The molecule has 0 unspecified atom stereocenters. The van der Waals surface area contributed by atoms with Gasteiger partial charge in [0.15, 0.2) is 9.76 Å². The molecule has 20 heavy (non-hydrogen) atoms. The second kappa shape index (κ2) is 8.94. The number of nitrogens with one attached hydrogen (secondary N) is 2. The maximum atomic E-state index is 10.0. The van der Waals surface area contributed by atoms with E-state index in [1.54, 1.807) is 0 Å². The average Bonchev–Trinajstić information content (AvgIpc) is 3.01. The van der Waals surface area contributed by atoms with Crippen LogP contribution < -0.4 is 10.6 Å². The summed E-state index contributed by atoms with van der Waals surface area (Å²) in [6.45, 7) is 1.06. The lowest BCUT2D eigenvalue weighted by molar-refractivity contribution is -0.125. The summed E-state index contributed by atoms with van der Waals surface area (Å²) < 4.78 is 5.21. The SMILES string of the molecule is C1CC[SiH2]OC1.O=C1C=CC(=O)N1.O=C1C=CC(=O)N1. The first kappa shape index (κ1) is 16.0. The van der Waals surface area contributed by atoms with Crippen LogP contribution in [0.5, 0.6) is 0 Å². The van der Waals surface area contributed by atoms with Crippen LogP contribution in [0, 0.1) is 0 Å². The van der Waals surface area contributed by atoms with Gasteiger partial charge in [-0.3, -0.25) is 29.8 Å². The minimum Gasteiger partial charge on any atom is -0.424 e. The summed E-state index contributed by atoms with van der Waals surface area (Å²) in [5.41, 5.74) is 0. The largest absolute Gasteiger partial charge is 0.424 e. The van der Waals surface area contributed by atoms with Gasteiger partial charge in [0, 0.05) is 30.9 Å². The van der Waals surface area contributed by atoms with E-state index in [2.05, 4.69) is 0 Å². The Morgan fingerprint density at radius 3 is 1.35 bits per heavy atom. The Bertz CT molecular complexity index is 375. The fourth-order valence-corrected chi connectivity index (χ4v) is 2.57. The normalized spacial score (nSPS) is 20.8. The van der Waals surface area contributed by atoms with Gasteiger partial charge in [-0.1, -0.05) is 6.42 Å². The number of imide groups is 2. The van der Waals surface area contributed by atoms with Crippen molar-refractivity contribution in [2.75, 3.05) is 6.61 Å². The molecule has 0 aliphatic carbocycles. The van der Waals surface area contributed by atoms with Crippen molar-refractivity contribution < 1.29 is 23.6 Å². The predicted octanol–water partition coefficient (Wildman–Crippen LogP) is -1.30. The van der Waals surface area contributed by atoms with Gasteiger partial charge < -0.3 is 4.43 Å². The lowest BCUT2D eigenvalue weighted by Gasteiger charge is -2.07. The first-order valence-corrected chi connectivity index (χ1v) is 7.79. The molecule has 3 aliphatic rings. The number of hydrogen-bond donors (Lipinski definition) is 2. The first-order valence-electron chi connectivity index (χ1n) is 6.22. The fourth-order valence-electron chi connectivity index (χ4n) is 1.40. The van der Waals surface area contributed by atoms with E-state index in [0.29, 0.717) is 0 Å². The molecule has 0 aromatic heterocycles. The summed E-state index contributed by atoms with van der Waals surface area (Å²) in [5, 5.41) is 4.06. The summed E-state index contributed by atoms with van der Waals surface area (Å²) in [7, 11) is 0.00849. The number of hydrogen-bond acceptors (Lipinski definition) is 5. The highest BCUT2D eigenvalue weighted by Crippen LogP contribution is 2.01. The number of rotatable bonds is 0. The van der Waals surface area contributed by atoms with E-state index >= 15 is 0 Å². The fraction of sp³-hybridized carbons (Fsp3) is 0.333. The molecule has 7 nitrogen and oxygen atoms in total. The molecular formula is C12H16N2O5Si. The second-order valence-corrected chi connectivity index (χ2v) is 5.57. The van der Waals surface area contributed by atoms with Crippen molar-refractivity contribution >= 4 is 33.4 Å². The van der Waals surface area contributed by atoms with E-state index in [-0.39, 0.29) is 33.4 Å². The Kier molecular flexibility index (Phi) is 7.15. The van der Waals surface area contributed by atoms with Crippen molar-refractivity contribution in [2.24, 2.45) is 0 Å². The van der Waals surface area contributed by atoms with Gasteiger partial charge in [-0.25, -0.2) is 0 Å². The highest BCUT2D eigenvalue weighted by Gasteiger charge is 2.07. The lowest BCUT2D eigenvalue weighted by atomic mass is 10.4. The van der Waals surface area contributed by atoms with E-state index < -0.39 is 0 Å². The Morgan fingerprint density at radius 1 is 0.800 bits per heavy atom. The molecule has 0 aromatic carbocycles. The molecule has 3 rings (SSSR count). The van der Waals surface area contributed by atoms with Crippen LogP contribution in [0.2, 0.25) is 6.04 Å². The van der Waals surface area contributed by atoms with Crippen molar-refractivity contribution in [2.45, 2.75) is 18.9 Å². The van der Waals surface area contributed by atoms with Crippen LogP contribution in [0.3, 0.4) is 0 Å². The third kappa shape index (κ3) is 7.39. The summed E-state index contributed by atoms with van der Waals surface area (Å²) in [6.07, 6.45) is 7.54. The van der Waals surface area contributed by atoms with Gasteiger partial charge in [0.25, 0.3) is 23.6 Å². The molecule has 0 saturated carbocycles. The number of amides is 4. The van der Waals surface area contributed by atoms with Gasteiger partial charge in [-0.2, -0.15) is 0 Å². The number of carbonyl (C=O) groups is 4. The second-order valence-electron chi connectivity index (χ2n) is 4.05. The third-order valence-corrected chi connectivity index (χ3v) is 3.71. The molecule has 1 saturated heterocycles. The Morgan fingerprint density at radius 2 is 1.25 bits per heavy atom. The minimum absolute atomic E-state index is 0.00849. The molecule has 3 heterocycles. The van der Waals surface area contributed by atoms with Crippen LogP contribution in [-0.2, 0) is 23.6 Å². The van der Waals surface area contributed by atoms with E-state index in [1.807, 2.05) is 10.6 Å². The highest BCUT2D eigenvalue weighted by atomic mass is 28.2. The molecule has 3 aliphatic heterocycles. The molecule has 0 aromatic rings. The van der Waals surface area contributed by atoms with Crippen LogP contribution >= 0.6 is 0 Å². The first-order chi connectivity index (χ1) is 9.58. The lowest BCUT2D eigenvalue weighted by Crippen LogP contribution is -2.19. The van der Waals surface area contributed by atoms with Gasteiger partial charge in [0.1, 0.15) is 0 Å². The zero-order valence-corrected chi connectivity index (χ0v) is 12.3. The average molecular weight is 296 g/mol. The summed E-state index contributed by atoms with van der Waals surface area (Å²) >= 11 is 0. The zero-order chi connectivity index (χ0) is 14.8. The topological polar surface area (TPSA) is 102 Å². The monoisotopic (exact) mass is 296 g/mol. The molecule has 0 atom stereocenters. The third-order valence-electron chi connectivity index (χ3n) is 2.34. The van der Waals surface area contributed by atoms with Crippen molar-refractivity contribution in [3.8, 4) is 0 Å². The van der Waals surface area contributed by atoms with E-state index in [4.69, 9.17) is 4.43 Å². The van der Waals surface area contributed by atoms with E-state index in [0.717, 1.165) is 6.61 Å². The van der Waals surface area contributed by atoms with Gasteiger partial charge in [0.2, 0.25) is 0 Å². The maximum Gasteiger partial charge on any atom is 0.250 e. The van der Waals surface area contributed by atoms with Crippen LogP contribution in [-0.4, -0.2) is 40.0 Å². The van der Waals surface area contributed by atoms with Crippen molar-refractivity contribution in [3.63, 3.8) is 0 Å². The molecular weight excluding hydrogens is 280 g/mol. The van der Waals surface area contributed by atoms with Crippen molar-refractivity contribution in [3.05, 3.63) is 24.3 Å². The summed E-state index contributed by atoms with van der Waals surface area (Å²) in [4.78, 5) is 40.1. The summed E-state index contributed by atoms with van der Waals surface area (Å²) in [5.74, 6) is -1.31. The molecule has 2 N–H and O–H groups in total. The van der Waals surface area contributed by atoms with Crippen LogP contribution in [0.15, 0.2) is 24.3 Å². The number of carbonyl (C=O) groups excluding carboxylic acids is 4. The van der Waals surface area contributed by atoms with E-state index in [9.17, 15) is 19.2 Å². The van der Waals surface area contributed by atoms with Gasteiger partial charge in [-0.05, 0) is 12.5 Å². The van der Waals surface area contributed by atoms with Crippen LogP contribution in [0.25, 0.3) is 0 Å². The highest BCUT2D eigenvalue weighted by molar-refractivity contribution is 6.27. The Hall–Kier alpha value is -2.06. The Balaban J connectivity index is 0.000000151. The quantitative estimate of drug-likeness (QED) is 0.427. The zero-order valence-electron chi connectivity index (χ0n) is 10.9. The molecule has 8 heteroatoms. The molecule has 108 valence electrons. The molecule has 0 spiro atoms. The minimum atomic E-state index is -0.329. The van der Waals surface area contributed by atoms with Gasteiger partial charge in [0.05, 0.1) is 0 Å². The standard InChI is InChI=1S/2C4H3NO2.C4H10OSi/c2*6-3-1-2-4(7)5-3;1-2-4-6-5-3-1/h2*1-2H,(H,5,6,7);1-4,6H2. The van der Waals surface area contributed by atoms with E-state index in [1.165, 1.54) is 43.2 Å². The smallest absolute Gasteiger partial charge is 0.250 e. The van der Waals surface area contributed by atoms with Crippen molar-refractivity contribution in [1.29, 1.82) is 0 Å². The van der Waals surface area contributed by atoms with Gasteiger partial charge in [-0.15, -0.1) is 0 Å². The molecule has 1 fully saturated rings.